The molecule has 8 nitrogen and oxygen atoms in total. The highest BCUT2D eigenvalue weighted by Gasteiger charge is 2.57. The molecule has 0 bridgehead atoms. The lowest BCUT2D eigenvalue weighted by atomic mass is 9.45. The Balaban J connectivity index is 1.88. The minimum Gasteiger partial charge on any atom is -0.466 e. The van der Waals surface area contributed by atoms with Crippen LogP contribution in [0.3, 0.4) is 0 Å². The Bertz CT molecular complexity index is 650. The lowest BCUT2D eigenvalue weighted by Gasteiger charge is -2.61. The van der Waals surface area contributed by atoms with Gasteiger partial charge in [0.25, 0.3) is 0 Å². The van der Waals surface area contributed by atoms with Crippen molar-refractivity contribution in [1.82, 2.24) is 5.32 Å². The van der Waals surface area contributed by atoms with E-state index >= 15 is 0 Å². The molecule has 0 heterocycles. The highest BCUT2D eigenvalue weighted by Crippen LogP contribution is 2.62. The summed E-state index contributed by atoms with van der Waals surface area (Å²) in [4.78, 5) is 24.2. The van der Waals surface area contributed by atoms with Gasteiger partial charge in [0.2, 0.25) is 5.91 Å². The summed E-state index contributed by atoms with van der Waals surface area (Å²) in [5.41, 5.74) is -2.07. The van der Waals surface area contributed by atoms with Crippen molar-refractivity contribution in [1.29, 1.82) is 0 Å². The second kappa shape index (κ2) is 10.4. The molecule has 2 aliphatic rings. The third-order valence-electron chi connectivity index (χ3n) is 8.30. The molecule has 8 heteroatoms. The molecular formula is C24H43NO7. The molecule has 32 heavy (non-hydrogen) atoms. The Morgan fingerprint density at radius 2 is 1.62 bits per heavy atom. The van der Waals surface area contributed by atoms with Crippen LogP contribution in [0.1, 0.15) is 79.1 Å². The largest absolute Gasteiger partial charge is 0.466 e. The minimum atomic E-state index is -1.51. The second-order valence-electron chi connectivity index (χ2n) is 11.2. The number of nitrogens with one attached hydrogen (secondary N) is 1. The fraction of sp³-hybridized carbons (Fsp3) is 0.917. The summed E-state index contributed by atoms with van der Waals surface area (Å²) in [6.07, 6.45) is 5.43. The molecule has 1 unspecified atom stereocenters. The highest BCUT2D eigenvalue weighted by molar-refractivity contribution is 5.81. The number of carbonyl (C=O) groups is 2. The Labute approximate surface area is 191 Å². The summed E-state index contributed by atoms with van der Waals surface area (Å²) in [5, 5.41) is 41.4. The van der Waals surface area contributed by atoms with E-state index in [4.69, 9.17) is 4.74 Å². The molecule has 0 aromatic rings. The third kappa shape index (κ3) is 5.82. The zero-order valence-corrected chi connectivity index (χ0v) is 20.2. The minimum absolute atomic E-state index is 0.00198. The van der Waals surface area contributed by atoms with E-state index in [1.807, 2.05) is 6.92 Å². The number of esters is 1. The van der Waals surface area contributed by atoms with E-state index in [9.17, 15) is 30.0 Å². The van der Waals surface area contributed by atoms with Gasteiger partial charge in [-0.05, 0) is 61.7 Å². The van der Waals surface area contributed by atoms with Crippen LogP contribution in [0.5, 0.6) is 0 Å². The number of fused-ring (bicyclic) bond motifs is 1. The van der Waals surface area contributed by atoms with Crippen molar-refractivity contribution < 1.29 is 34.8 Å². The van der Waals surface area contributed by atoms with Crippen LogP contribution in [-0.2, 0) is 14.3 Å². The lowest BCUT2D eigenvalue weighted by molar-refractivity contribution is -0.175. The fourth-order valence-corrected chi connectivity index (χ4v) is 6.47. The average Bonchev–Trinajstić information content (AvgIpc) is 2.71. The van der Waals surface area contributed by atoms with Gasteiger partial charge in [0.05, 0.1) is 38.4 Å². The summed E-state index contributed by atoms with van der Waals surface area (Å²) < 4.78 is 5.40. The normalized spacial score (nSPS) is 32.1. The maximum atomic E-state index is 12.2. The van der Waals surface area contributed by atoms with Gasteiger partial charge in [-0.2, -0.15) is 0 Å². The van der Waals surface area contributed by atoms with Crippen LogP contribution >= 0.6 is 0 Å². The van der Waals surface area contributed by atoms with Gasteiger partial charge in [0.15, 0.2) is 0 Å². The predicted molar refractivity (Wildman–Crippen MR) is 120 cm³/mol. The van der Waals surface area contributed by atoms with Gasteiger partial charge in [0, 0.05) is 6.42 Å². The molecule has 2 fully saturated rings. The second-order valence-corrected chi connectivity index (χ2v) is 11.2. The zero-order chi connectivity index (χ0) is 24.2. The number of aliphatic hydroxyl groups is 4. The molecule has 0 aromatic heterocycles. The summed E-state index contributed by atoms with van der Waals surface area (Å²) in [6.45, 7) is 7.20. The molecule has 0 saturated heterocycles. The Morgan fingerprint density at radius 1 is 1.00 bits per heavy atom. The van der Waals surface area contributed by atoms with Crippen LogP contribution in [0.15, 0.2) is 0 Å². The molecule has 1 amide bonds. The quantitative estimate of drug-likeness (QED) is 0.314. The first kappa shape index (κ1) is 27.0. The van der Waals surface area contributed by atoms with Gasteiger partial charge < -0.3 is 30.5 Å². The van der Waals surface area contributed by atoms with Crippen LogP contribution in [0.4, 0.5) is 0 Å². The molecular weight excluding hydrogens is 414 g/mol. The van der Waals surface area contributed by atoms with Crippen molar-refractivity contribution in [2.75, 3.05) is 26.4 Å². The molecule has 0 aromatic carbocycles. The van der Waals surface area contributed by atoms with Gasteiger partial charge in [-0.25, -0.2) is 0 Å². The summed E-state index contributed by atoms with van der Waals surface area (Å²) in [7, 11) is 0. The van der Waals surface area contributed by atoms with Crippen molar-refractivity contribution in [3.8, 4) is 0 Å². The molecule has 0 aliphatic heterocycles. The van der Waals surface area contributed by atoms with Crippen molar-refractivity contribution in [2.45, 2.75) is 90.2 Å². The van der Waals surface area contributed by atoms with Gasteiger partial charge in [-0.15, -0.1) is 0 Å². The molecule has 186 valence electrons. The van der Waals surface area contributed by atoms with E-state index in [0.29, 0.717) is 12.3 Å². The maximum Gasteiger partial charge on any atom is 0.306 e. The molecule has 2 aliphatic carbocycles. The van der Waals surface area contributed by atoms with Crippen LogP contribution in [0.2, 0.25) is 0 Å². The topological polar surface area (TPSA) is 136 Å². The molecule has 0 radical (unpaired) electrons. The molecule has 0 spiro atoms. The Hall–Kier alpha value is -1.22. The van der Waals surface area contributed by atoms with E-state index in [1.54, 1.807) is 0 Å². The highest BCUT2D eigenvalue weighted by atomic mass is 16.5. The first-order valence-electron chi connectivity index (χ1n) is 11.9. The Kier molecular flexibility index (Phi) is 8.76. The number of hydrogen-bond donors (Lipinski definition) is 5. The van der Waals surface area contributed by atoms with Crippen LogP contribution in [0, 0.1) is 22.7 Å². The molecule has 2 saturated carbocycles. The van der Waals surface area contributed by atoms with E-state index < -0.39 is 42.8 Å². The van der Waals surface area contributed by atoms with Crippen molar-refractivity contribution in [3.63, 3.8) is 0 Å². The van der Waals surface area contributed by atoms with Crippen molar-refractivity contribution in [2.24, 2.45) is 22.7 Å². The summed E-state index contributed by atoms with van der Waals surface area (Å²) in [6, 6.07) is 0. The first-order chi connectivity index (χ1) is 14.9. The van der Waals surface area contributed by atoms with Crippen LogP contribution in [-0.4, -0.2) is 69.9 Å². The zero-order valence-electron chi connectivity index (χ0n) is 20.2. The van der Waals surface area contributed by atoms with E-state index in [2.05, 4.69) is 26.1 Å². The smallest absolute Gasteiger partial charge is 0.306 e. The molecule has 2 rings (SSSR count). The number of aliphatic hydroxyl groups excluding tert-OH is 3. The number of carbonyl (C=O) groups excluding carboxylic acids is 2. The van der Waals surface area contributed by atoms with E-state index in [-0.39, 0.29) is 36.2 Å². The molecule has 4 atom stereocenters. The standard InChI is InChI=1S/C24H43NO7/c1-21(2)10-5-11-22(3)17(21)8-12-23(4,31)18(22)9-13-32-20(30)7-6-19(29)25-24(14-26,15-27)16-28/h17-18,26-28,31H,5-16H2,1-4H3,(H,25,29)/t17?,18-,22+,23-/m1/s1. The number of rotatable bonds is 10. The van der Waals surface area contributed by atoms with Crippen molar-refractivity contribution in [3.05, 3.63) is 0 Å². The third-order valence-corrected chi connectivity index (χ3v) is 8.30. The van der Waals surface area contributed by atoms with Crippen molar-refractivity contribution >= 4 is 11.9 Å². The predicted octanol–water partition coefficient (Wildman–Crippen LogP) is 1.53. The molecule has 5 N–H and O–H groups in total. The maximum absolute atomic E-state index is 12.2. The number of hydrogen-bond acceptors (Lipinski definition) is 7. The summed E-state index contributed by atoms with van der Waals surface area (Å²) >= 11 is 0. The fourth-order valence-electron chi connectivity index (χ4n) is 6.47. The van der Waals surface area contributed by atoms with E-state index in [1.165, 1.54) is 6.42 Å². The van der Waals surface area contributed by atoms with E-state index in [0.717, 1.165) is 25.7 Å². The van der Waals surface area contributed by atoms with Crippen LogP contribution < -0.4 is 5.32 Å². The SMILES string of the molecule is CC1(C)CCC[C@@]2(C)C1CC[C@@](C)(O)[C@@H]2CCOC(=O)CCC(=O)NC(CO)(CO)CO. The number of amides is 1. The van der Waals surface area contributed by atoms with Gasteiger partial charge >= 0.3 is 5.97 Å². The monoisotopic (exact) mass is 457 g/mol. The van der Waals surface area contributed by atoms with Crippen LogP contribution in [0.25, 0.3) is 0 Å². The summed E-state index contributed by atoms with van der Waals surface area (Å²) in [5.74, 6) is -0.514. The van der Waals surface area contributed by atoms with Gasteiger partial charge in [-0.1, -0.05) is 27.2 Å². The average molecular weight is 458 g/mol. The van der Waals surface area contributed by atoms with Gasteiger partial charge in [-0.3, -0.25) is 9.59 Å². The number of ether oxygens (including phenoxy) is 1. The lowest BCUT2D eigenvalue weighted by Crippen LogP contribution is -2.57. The van der Waals surface area contributed by atoms with Gasteiger partial charge in [0.1, 0.15) is 5.54 Å². The first-order valence-corrected chi connectivity index (χ1v) is 11.9. The Morgan fingerprint density at radius 3 is 2.22 bits per heavy atom.